The lowest BCUT2D eigenvalue weighted by Crippen LogP contribution is -2.20. The van der Waals surface area contributed by atoms with Gasteiger partial charge in [-0.2, -0.15) is 0 Å². The summed E-state index contributed by atoms with van der Waals surface area (Å²) in [5.41, 5.74) is 2.20. The molecule has 0 fully saturated rings. The van der Waals surface area contributed by atoms with Gasteiger partial charge in [-0.1, -0.05) is 91.0 Å². The Hall–Kier alpha value is -3.41. The monoisotopic (exact) mass is 400 g/mol. The van der Waals surface area contributed by atoms with E-state index in [1.165, 1.54) is 21.5 Å². The van der Waals surface area contributed by atoms with Crippen LogP contribution in [0.4, 0.5) is 0 Å². The van der Waals surface area contributed by atoms with Crippen molar-refractivity contribution < 1.29 is 4.57 Å². The molecule has 6 aromatic carbocycles. The molecule has 0 bridgehead atoms. The minimum atomic E-state index is -2.92. The van der Waals surface area contributed by atoms with Gasteiger partial charge in [0.25, 0.3) is 0 Å². The molecule has 0 aromatic heterocycles. The highest BCUT2D eigenvalue weighted by Gasteiger charge is 2.40. The number of fused-ring (bicyclic) bond motifs is 3. The first-order chi connectivity index (χ1) is 14.7. The van der Waals surface area contributed by atoms with Gasteiger partial charge in [-0.3, -0.25) is 0 Å². The summed E-state index contributed by atoms with van der Waals surface area (Å²) >= 11 is 0. The Kier molecular flexibility index (Phi) is 3.06. The standard InChI is InChI=1S/C28H17OP/c29-30(25-10-3-1-8-23(25)24-9-2-4-11-26(24)30)22-16-20-14-12-18-6-5-7-19-13-15-21(17-22)28(20)27(18)19/h1-17H. The van der Waals surface area contributed by atoms with Crippen LogP contribution in [-0.4, -0.2) is 0 Å². The second-order valence-corrected chi connectivity index (χ2v) is 10.8. The summed E-state index contributed by atoms with van der Waals surface area (Å²) in [5, 5.41) is 10.2. The van der Waals surface area contributed by atoms with E-state index in [2.05, 4.69) is 66.7 Å². The molecular formula is C28H17OP. The van der Waals surface area contributed by atoms with Crippen molar-refractivity contribution >= 4 is 55.4 Å². The maximum absolute atomic E-state index is 14.8. The molecule has 140 valence electrons. The average Bonchev–Trinajstić information content (AvgIpc) is 3.07. The van der Waals surface area contributed by atoms with Gasteiger partial charge in [-0.05, 0) is 55.6 Å². The van der Waals surface area contributed by atoms with E-state index in [0.29, 0.717) is 0 Å². The third-order valence-corrected chi connectivity index (χ3v) is 9.71. The maximum Gasteiger partial charge on any atom is 0.172 e. The molecule has 0 saturated carbocycles. The van der Waals surface area contributed by atoms with E-state index in [1.54, 1.807) is 0 Å². The molecule has 7 rings (SSSR count). The fourth-order valence-electron chi connectivity index (χ4n) is 5.28. The number of hydrogen-bond acceptors (Lipinski definition) is 1. The van der Waals surface area contributed by atoms with Crippen molar-refractivity contribution in [1.29, 1.82) is 0 Å². The smallest absolute Gasteiger partial charge is 0.172 e. The van der Waals surface area contributed by atoms with Gasteiger partial charge in [-0.15, -0.1) is 0 Å². The first kappa shape index (κ1) is 16.4. The molecule has 1 nitrogen and oxygen atoms in total. The van der Waals surface area contributed by atoms with Crippen LogP contribution in [0, 0.1) is 0 Å². The van der Waals surface area contributed by atoms with E-state index in [-0.39, 0.29) is 0 Å². The minimum Gasteiger partial charge on any atom is -0.309 e. The lowest BCUT2D eigenvalue weighted by Gasteiger charge is -2.18. The maximum atomic E-state index is 14.8. The van der Waals surface area contributed by atoms with E-state index in [9.17, 15) is 4.57 Å². The number of hydrogen-bond donors (Lipinski definition) is 0. The van der Waals surface area contributed by atoms with Crippen LogP contribution in [0.15, 0.2) is 103 Å². The summed E-state index contributed by atoms with van der Waals surface area (Å²) in [6.07, 6.45) is 0. The zero-order chi connectivity index (χ0) is 19.9. The number of benzene rings is 6. The zero-order valence-electron chi connectivity index (χ0n) is 16.2. The third-order valence-electron chi connectivity index (χ3n) is 6.59. The highest BCUT2D eigenvalue weighted by molar-refractivity contribution is 7.86. The molecule has 0 atom stereocenters. The molecule has 1 aliphatic rings. The summed E-state index contributed by atoms with van der Waals surface area (Å²) < 4.78 is 14.8. The van der Waals surface area contributed by atoms with Gasteiger partial charge < -0.3 is 4.57 Å². The van der Waals surface area contributed by atoms with Crippen LogP contribution >= 0.6 is 7.14 Å². The molecule has 0 saturated heterocycles. The Morgan fingerprint density at radius 2 is 0.933 bits per heavy atom. The molecule has 0 spiro atoms. The van der Waals surface area contributed by atoms with Crippen LogP contribution in [0.5, 0.6) is 0 Å². The Morgan fingerprint density at radius 3 is 1.50 bits per heavy atom. The van der Waals surface area contributed by atoms with Crippen LogP contribution in [0.3, 0.4) is 0 Å². The molecule has 0 N–H and O–H groups in total. The molecule has 2 heteroatoms. The van der Waals surface area contributed by atoms with Crippen LogP contribution in [0.2, 0.25) is 0 Å². The predicted octanol–water partition coefficient (Wildman–Crippen LogP) is 6.20. The molecule has 1 aliphatic heterocycles. The zero-order valence-corrected chi connectivity index (χ0v) is 17.1. The van der Waals surface area contributed by atoms with Crippen LogP contribution in [-0.2, 0) is 4.57 Å². The molecule has 1 heterocycles. The minimum absolute atomic E-state index is 0.922. The Morgan fingerprint density at radius 1 is 0.467 bits per heavy atom. The van der Waals surface area contributed by atoms with Crippen LogP contribution in [0.25, 0.3) is 43.4 Å². The molecule has 0 radical (unpaired) electrons. The average molecular weight is 400 g/mol. The van der Waals surface area contributed by atoms with E-state index < -0.39 is 7.14 Å². The van der Waals surface area contributed by atoms with Gasteiger partial charge in [0.2, 0.25) is 0 Å². The molecule has 6 aromatic rings. The Bertz CT molecular complexity index is 1560. The molecular weight excluding hydrogens is 383 g/mol. The van der Waals surface area contributed by atoms with Crippen molar-refractivity contribution in [3.63, 3.8) is 0 Å². The van der Waals surface area contributed by atoms with Gasteiger partial charge in [0, 0.05) is 15.9 Å². The van der Waals surface area contributed by atoms with Crippen molar-refractivity contribution in [2.75, 3.05) is 0 Å². The van der Waals surface area contributed by atoms with Gasteiger partial charge in [0.05, 0.1) is 0 Å². The van der Waals surface area contributed by atoms with E-state index in [0.717, 1.165) is 37.8 Å². The first-order valence-corrected chi connectivity index (χ1v) is 11.9. The van der Waals surface area contributed by atoms with E-state index >= 15 is 0 Å². The lowest BCUT2D eigenvalue weighted by atomic mass is 9.94. The second-order valence-electron chi connectivity index (χ2n) is 8.12. The lowest BCUT2D eigenvalue weighted by molar-refractivity contribution is 0.593. The SMILES string of the molecule is O=P1(c2cc3ccc4cccc5ccc(c2)c3c45)c2ccccc2-c2ccccc21. The van der Waals surface area contributed by atoms with Crippen LogP contribution < -0.4 is 15.9 Å². The molecule has 0 aliphatic carbocycles. The quantitative estimate of drug-likeness (QED) is 0.237. The topological polar surface area (TPSA) is 17.1 Å². The summed E-state index contributed by atoms with van der Waals surface area (Å²) in [6.45, 7) is 0. The highest BCUT2D eigenvalue weighted by Crippen LogP contribution is 2.52. The summed E-state index contributed by atoms with van der Waals surface area (Å²) in [6, 6.07) is 35.8. The third kappa shape index (κ3) is 1.91. The Balaban J connectivity index is 1.62. The van der Waals surface area contributed by atoms with Crippen molar-refractivity contribution in [3.8, 4) is 11.1 Å². The summed E-state index contributed by atoms with van der Waals surface area (Å²) in [5.74, 6) is 0. The van der Waals surface area contributed by atoms with E-state index in [1.807, 2.05) is 36.4 Å². The van der Waals surface area contributed by atoms with Crippen LogP contribution in [0.1, 0.15) is 0 Å². The Labute approximate surface area is 174 Å². The normalized spacial score (nSPS) is 14.4. The van der Waals surface area contributed by atoms with Crippen molar-refractivity contribution in [2.45, 2.75) is 0 Å². The van der Waals surface area contributed by atoms with Gasteiger partial charge in [-0.25, -0.2) is 0 Å². The first-order valence-electron chi connectivity index (χ1n) is 10.2. The fourth-order valence-corrected chi connectivity index (χ4v) is 8.40. The second kappa shape index (κ2) is 5.59. The van der Waals surface area contributed by atoms with Gasteiger partial charge in [0.15, 0.2) is 7.14 Å². The summed E-state index contributed by atoms with van der Waals surface area (Å²) in [4.78, 5) is 0. The largest absolute Gasteiger partial charge is 0.309 e. The van der Waals surface area contributed by atoms with Crippen molar-refractivity contribution in [3.05, 3.63) is 103 Å². The molecule has 30 heavy (non-hydrogen) atoms. The molecule has 0 unspecified atom stereocenters. The van der Waals surface area contributed by atoms with Crippen molar-refractivity contribution in [1.82, 2.24) is 0 Å². The summed E-state index contributed by atoms with van der Waals surface area (Å²) in [7, 11) is -2.92. The van der Waals surface area contributed by atoms with E-state index in [4.69, 9.17) is 0 Å². The highest BCUT2D eigenvalue weighted by atomic mass is 31.2. The predicted molar refractivity (Wildman–Crippen MR) is 129 cm³/mol. The van der Waals surface area contributed by atoms with Gasteiger partial charge >= 0.3 is 0 Å². The fraction of sp³-hybridized carbons (Fsp3) is 0. The molecule has 0 amide bonds. The number of rotatable bonds is 1. The van der Waals surface area contributed by atoms with Gasteiger partial charge in [0.1, 0.15) is 0 Å². The van der Waals surface area contributed by atoms with Crippen molar-refractivity contribution in [2.24, 2.45) is 0 Å².